The summed E-state index contributed by atoms with van der Waals surface area (Å²) < 4.78 is 5.27. The van der Waals surface area contributed by atoms with Crippen LogP contribution in [-0.2, 0) is 34.5 Å². The summed E-state index contributed by atoms with van der Waals surface area (Å²) in [4.78, 5) is 4.90. The van der Waals surface area contributed by atoms with Gasteiger partial charge in [-0.15, -0.1) is 9.15 Å². The Morgan fingerprint density at radius 1 is 0.376 bits per heavy atom. The van der Waals surface area contributed by atoms with E-state index in [-0.39, 0.29) is 10.8 Å². The molecule has 4 nitrogen and oxygen atoms in total. The van der Waals surface area contributed by atoms with Gasteiger partial charge in [-0.05, 0) is 156 Å². The molecular weight excluding hydrogens is 1030 g/mol. The molecule has 0 amide bonds. The molecule has 416 valence electrons. The van der Waals surface area contributed by atoms with Gasteiger partial charge in [-0.1, -0.05) is 206 Å². The Morgan fingerprint density at radius 3 is 1.07 bits per heavy atom. The Kier molecular flexibility index (Phi) is 13.1. The Bertz CT molecular complexity index is 4320. The zero-order valence-corrected chi connectivity index (χ0v) is 50.3. The molecule has 0 N–H and O–H groups in total. The summed E-state index contributed by atoms with van der Waals surface area (Å²) >= 11 is 0. The molecule has 0 aliphatic carbocycles. The lowest BCUT2D eigenvalue weighted by atomic mass is 9.72. The maximum absolute atomic E-state index is 2.64. The molecule has 4 heteroatoms. The van der Waals surface area contributed by atoms with Crippen molar-refractivity contribution < 1.29 is 9.15 Å². The summed E-state index contributed by atoms with van der Waals surface area (Å²) in [5.74, 6) is 0. The van der Waals surface area contributed by atoms with E-state index < -0.39 is 10.8 Å². The Morgan fingerprint density at radius 2 is 0.706 bits per heavy atom. The van der Waals surface area contributed by atoms with Crippen LogP contribution < -0.4 is 9.80 Å². The second-order valence-corrected chi connectivity index (χ2v) is 24.9. The van der Waals surface area contributed by atoms with Crippen LogP contribution in [0.15, 0.2) is 278 Å². The van der Waals surface area contributed by atoms with Gasteiger partial charge in [0.2, 0.25) is 11.4 Å². The van der Waals surface area contributed by atoms with E-state index in [4.69, 9.17) is 0 Å². The van der Waals surface area contributed by atoms with Crippen LogP contribution in [0.2, 0.25) is 0 Å². The van der Waals surface area contributed by atoms with Crippen LogP contribution in [0.4, 0.5) is 22.7 Å². The van der Waals surface area contributed by atoms with Crippen molar-refractivity contribution in [2.75, 3.05) is 30.6 Å². The molecule has 0 aromatic heterocycles. The molecule has 4 aliphatic heterocycles. The summed E-state index contributed by atoms with van der Waals surface area (Å²) in [7, 11) is 4.52. The highest BCUT2D eigenvalue weighted by molar-refractivity contribution is 6.09. The van der Waals surface area contributed by atoms with Crippen molar-refractivity contribution in [3.05, 3.63) is 312 Å². The van der Waals surface area contributed by atoms with Gasteiger partial charge in [-0.3, -0.25) is 0 Å². The van der Waals surface area contributed by atoms with E-state index in [2.05, 4.69) is 342 Å². The first-order valence-electron chi connectivity index (χ1n) is 30.4. The summed E-state index contributed by atoms with van der Waals surface area (Å²) in [6, 6.07) is 76.5. The van der Waals surface area contributed by atoms with Crippen LogP contribution in [0.25, 0.3) is 43.1 Å². The zero-order chi connectivity index (χ0) is 58.2. The van der Waals surface area contributed by atoms with Crippen LogP contribution in [-0.4, -0.2) is 41.3 Å². The fourth-order valence-electron chi connectivity index (χ4n) is 15.8. The number of fused-ring (bicyclic) bond motifs is 12. The van der Waals surface area contributed by atoms with Crippen molar-refractivity contribution >= 4 is 77.3 Å². The van der Waals surface area contributed by atoms with Gasteiger partial charge in [0.15, 0.2) is 11.4 Å². The SMILES string of the molecule is C/C=C/C1(Cc2ccccc2)C(=CC=CC2=[N+](C[N+]3=C(C=CC=C4N(C)c5ccc6ccccc6c5C4(/C=C/C)Cc4ccccc4)C(C)(C)c4c3ccc3ccccc43)c3ccc4ccccc4c3C2(C)C)N(C)c2ccc3ccccc3c21. The van der Waals surface area contributed by atoms with Crippen molar-refractivity contribution in [2.45, 2.75) is 76.0 Å². The first-order chi connectivity index (χ1) is 41.4. The van der Waals surface area contributed by atoms with Crippen LogP contribution in [0.5, 0.6) is 0 Å². The van der Waals surface area contributed by atoms with Crippen molar-refractivity contribution in [3.8, 4) is 0 Å². The largest absolute Gasteiger partial charge is 0.347 e. The highest BCUT2D eigenvalue weighted by Crippen LogP contribution is 2.55. The minimum Gasteiger partial charge on any atom is -0.347 e. The number of hydrogen-bond donors (Lipinski definition) is 0. The molecule has 0 fully saturated rings. The predicted molar refractivity (Wildman–Crippen MR) is 361 cm³/mol. The van der Waals surface area contributed by atoms with E-state index in [0.717, 1.165) is 12.8 Å². The average Bonchev–Trinajstić information content (AvgIpc) is 2.18. The first-order valence-corrected chi connectivity index (χ1v) is 30.4. The Balaban J connectivity index is 0.964. The number of likely N-dealkylation sites (N-methyl/N-ethyl adjacent to an activating group) is 2. The number of allylic oxidation sites excluding steroid dienone is 10. The molecule has 14 rings (SSSR count). The standard InChI is InChI=1S/C81H74N4/c1-9-51-80(53-56-27-13-11-14-28-56)72(82(7)66-47-43-60-33-19-23-37-64(60)76(66)80)41-25-39-70-78(3,4)74-62-35-21-17-31-58(62)45-49-68(74)84(70)55-85-69-50-46-59-32-18-22-36-63(59)75(69)79(5,6)71(85)40-26-42-73-81(52-10-2,54-57-29-15-12-16-30-57)77-65-38-24-20-34-61(65)44-48-67(77)83(73)8/h9-52H,53-55H2,1-8H3/q+2/b51-9+,52-10+. The predicted octanol–water partition coefficient (Wildman–Crippen LogP) is 19.0. The molecule has 2 atom stereocenters. The van der Waals surface area contributed by atoms with Gasteiger partial charge in [0, 0.05) is 72.3 Å². The second-order valence-electron chi connectivity index (χ2n) is 24.9. The molecule has 0 bridgehead atoms. The third kappa shape index (κ3) is 8.39. The van der Waals surface area contributed by atoms with Gasteiger partial charge in [0.25, 0.3) is 0 Å². The quantitative estimate of drug-likeness (QED) is 0.0893. The molecule has 0 spiro atoms. The van der Waals surface area contributed by atoms with Crippen LogP contribution in [0.3, 0.4) is 0 Å². The van der Waals surface area contributed by atoms with Gasteiger partial charge in [-0.2, -0.15) is 0 Å². The minimum atomic E-state index is -0.420. The molecular formula is C81H74N4+2. The van der Waals surface area contributed by atoms with E-state index >= 15 is 0 Å². The summed E-state index contributed by atoms with van der Waals surface area (Å²) in [6.45, 7) is 14.7. The van der Waals surface area contributed by atoms with Gasteiger partial charge in [0.1, 0.15) is 0 Å². The van der Waals surface area contributed by atoms with Crippen LogP contribution in [0, 0.1) is 0 Å². The maximum Gasteiger partial charge on any atom is 0.345 e. The van der Waals surface area contributed by atoms with Crippen molar-refractivity contribution in [2.24, 2.45) is 0 Å². The lowest BCUT2D eigenvalue weighted by Gasteiger charge is -2.31. The molecule has 4 aliphatic rings. The first kappa shape index (κ1) is 53.6. The fourth-order valence-corrected chi connectivity index (χ4v) is 15.8. The number of hydrogen-bond acceptors (Lipinski definition) is 2. The normalized spacial score (nSPS) is 20.6. The Hall–Kier alpha value is -9.38. The molecule has 10 aromatic rings. The van der Waals surface area contributed by atoms with Crippen molar-refractivity contribution in [1.82, 2.24) is 0 Å². The van der Waals surface area contributed by atoms with E-state index in [1.165, 1.54) is 122 Å². The number of rotatable bonds is 12. The number of benzene rings is 10. The monoisotopic (exact) mass is 1100 g/mol. The topological polar surface area (TPSA) is 12.5 Å². The van der Waals surface area contributed by atoms with Gasteiger partial charge >= 0.3 is 6.67 Å². The van der Waals surface area contributed by atoms with Gasteiger partial charge in [0.05, 0.1) is 21.7 Å². The molecule has 10 aromatic carbocycles. The fraction of sp³-hybridized carbons (Fsp3) is 0.185. The maximum atomic E-state index is 2.64. The molecule has 2 unspecified atom stereocenters. The highest BCUT2D eigenvalue weighted by atomic mass is 15.2. The summed E-state index contributed by atoms with van der Waals surface area (Å²) in [5, 5.41) is 10.2. The lowest BCUT2D eigenvalue weighted by Crippen LogP contribution is -2.33. The lowest BCUT2D eigenvalue weighted by molar-refractivity contribution is -0.650. The molecule has 0 saturated heterocycles. The molecule has 0 radical (unpaired) electrons. The molecule has 85 heavy (non-hydrogen) atoms. The third-order valence-electron chi connectivity index (χ3n) is 19.4. The minimum absolute atomic E-state index is 0.362. The highest BCUT2D eigenvalue weighted by Gasteiger charge is 2.52. The van der Waals surface area contributed by atoms with Crippen LogP contribution in [0.1, 0.15) is 74.9 Å². The van der Waals surface area contributed by atoms with Crippen LogP contribution >= 0.6 is 0 Å². The smallest absolute Gasteiger partial charge is 0.345 e. The Labute approximate surface area is 502 Å². The van der Waals surface area contributed by atoms with E-state index in [1.807, 2.05) is 0 Å². The average molecular weight is 1100 g/mol. The van der Waals surface area contributed by atoms with Crippen molar-refractivity contribution in [3.63, 3.8) is 0 Å². The summed E-state index contributed by atoms with van der Waals surface area (Å²) in [5.41, 5.74) is 16.5. The van der Waals surface area contributed by atoms with E-state index in [0.29, 0.717) is 6.67 Å². The van der Waals surface area contributed by atoms with Gasteiger partial charge in [-0.25, -0.2) is 0 Å². The van der Waals surface area contributed by atoms with E-state index in [1.54, 1.807) is 0 Å². The molecule has 4 heterocycles. The summed E-state index contributed by atoms with van der Waals surface area (Å²) in [6.07, 6.45) is 25.5. The van der Waals surface area contributed by atoms with Gasteiger partial charge < -0.3 is 9.80 Å². The third-order valence-corrected chi connectivity index (χ3v) is 19.4. The molecule has 0 saturated carbocycles. The zero-order valence-electron chi connectivity index (χ0n) is 50.3. The second kappa shape index (κ2) is 20.7. The number of nitrogens with zero attached hydrogens (tertiary/aromatic N) is 4. The van der Waals surface area contributed by atoms with E-state index in [9.17, 15) is 0 Å². The number of anilines is 2. The van der Waals surface area contributed by atoms with Crippen molar-refractivity contribution in [1.29, 1.82) is 0 Å².